The average molecular weight is 156 g/mol. The van der Waals surface area contributed by atoms with Crippen LogP contribution in [0.2, 0.25) is 0 Å². The molecule has 0 N–H and O–H groups in total. The van der Waals surface area contributed by atoms with Crippen LogP contribution >= 0.6 is 0 Å². The summed E-state index contributed by atoms with van der Waals surface area (Å²) in [6.45, 7) is 3.50. The monoisotopic (exact) mass is 156 g/mol. The van der Waals surface area contributed by atoms with E-state index in [1.807, 2.05) is 0 Å². The van der Waals surface area contributed by atoms with Crippen molar-refractivity contribution in [3.05, 3.63) is 12.2 Å². The molecular formula is C6H8N2O3. The van der Waals surface area contributed by atoms with Gasteiger partial charge in [-0.15, -0.1) is 0 Å². The van der Waals surface area contributed by atoms with Gasteiger partial charge in [0, 0.05) is 0 Å². The molecule has 0 bridgehead atoms. The highest BCUT2D eigenvalue weighted by Gasteiger charge is 2.13. The fourth-order valence-electron chi connectivity index (χ4n) is 0.527. The number of ether oxygens (including phenoxy) is 1. The molecule has 0 aromatic carbocycles. The summed E-state index contributed by atoms with van der Waals surface area (Å²) in [4.78, 5) is 14.4. The van der Waals surface area contributed by atoms with E-state index in [0.29, 0.717) is 0 Å². The lowest BCUT2D eigenvalue weighted by Crippen LogP contribution is -2.12. The van der Waals surface area contributed by atoms with E-state index in [1.165, 1.54) is 0 Å². The van der Waals surface area contributed by atoms with Gasteiger partial charge in [0.05, 0.1) is 6.10 Å². The molecule has 0 spiro atoms. The van der Waals surface area contributed by atoms with Crippen molar-refractivity contribution in [3.8, 4) is 0 Å². The predicted molar refractivity (Wildman–Crippen MR) is 34.8 cm³/mol. The number of aromatic nitrogens is 2. The van der Waals surface area contributed by atoms with Gasteiger partial charge in [0.15, 0.2) is 0 Å². The third kappa shape index (κ3) is 2.03. The topological polar surface area (TPSA) is 65.2 Å². The largest absolute Gasteiger partial charge is 0.457 e. The van der Waals surface area contributed by atoms with Crippen molar-refractivity contribution in [2.75, 3.05) is 0 Å². The van der Waals surface area contributed by atoms with Crippen molar-refractivity contribution < 1.29 is 14.1 Å². The normalized spacial score (nSPS) is 10.1. The molecule has 11 heavy (non-hydrogen) atoms. The van der Waals surface area contributed by atoms with Crippen LogP contribution in [-0.2, 0) is 4.74 Å². The summed E-state index contributed by atoms with van der Waals surface area (Å²) in [5.74, 6) is -0.604. The molecule has 0 aliphatic heterocycles. The van der Waals surface area contributed by atoms with Crippen molar-refractivity contribution in [1.29, 1.82) is 0 Å². The third-order valence-electron chi connectivity index (χ3n) is 0.887. The molecule has 60 valence electrons. The zero-order valence-electron chi connectivity index (χ0n) is 6.27. The maximum atomic E-state index is 10.9. The van der Waals surface area contributed by atoms with E-state index in [-0.39, 0.29) is 11.9 Å². The van der Waals surface area contributed by atoms with Crippen molar-refractivity contribution in [2.24, 2.45) is 0 Å². The number of hydrogen-bond donors (Lipinski definition) is 0. The second kappa shape index (κ2) is 3.14. The molecule has 5 nitrogen and oxygen atoms in total. The number of hydrogen-bond acceptors (Lipinski definition) is 5. The van der Waals surface area contributed by atoms with Crippen LogP contribution in [0.4, 0.5) is 0 Å². The first-order valence-corrected chi connectivity index (χ1v) is 3.17. The lowest BCUT2D eigenvalue weighted by Gasteiger charge is -2.03. The zero-order chi connectivity index (χ0) is 8.27. The van der Waals surface area contributed by atoms with E-state index in [2.05, 4.69) is 14.7 Å². The van der Waals surface area contributed by atoms with E-state index in [9.17, 15) is 4.79 Å². The van der Waals surface area contributed by atoms with Gasteiger partial charge in [-0.3, -0.25) is 0 Å². The van der Waals surface area contributed by atoms with Crippen molar-refractivity contribution in [3.63, 3.8) is 0 Å². The van der Waals surface area contributed by atoms with Gasteiger partial charge in [-0.1, -0.05) is 5.16 Å². The highest BCUT2D eigenvalue weighted by atomic mass is 16.5. The van der Waals surface area contributed by atoms with Gasteiger partial charge < -0.3 is 9.26 Å². The second-order valence-corrected chi connectivity index (χ2v) is 2.21. The molecule has 5 heteroatoms. The summed E-state index contributed by atoms with van der Waals surface area (Å²) in [7, 11) is 0. The molecule has 0 fully saturated rings. The molecule has 0 atom stereocenters. The third-order valence-corrected chi connectivity index (χ3v) is 0.887. The Bertz CT molecular complexity index is 230. The van der Waals surface area contributed by atoms with E-state index in [0.717, 1.165) is 6.39 Å². The van der Waals surface area contributed by atoms with E-state index < -0.39 is 5.97 Å². The van der Waals surface area contributed by atoms with Gasteiger partial charge in [-0.2, -0.15) is 4.98 Å². The lowest BCUT2D eigenvalue weighted by atomic mass is 10.5. The summed E-state index contributed by atoms with van der Waals surface area (Å²) >= 11 is 0. The maximum Gasteiger partial charge on any atom is 0.380 e. The summed E-state index contributed by atoms with van der Waals surface area (Å²) in [6, 6.07) is 0. The highest BCUT2D eigenvalue weighted by Crippen LogP contribution is 1.96. The molecular weight excluding hydrogens is 148 g/mol. The first-order chi connectivity index (χ1) is 5.20. The average Bonchev–Trinajstić information content (AvgIpc) is 2.35. The standard InChI is InChI=1S/C6H8N2O3/c1-4(2)11-6(9)5-7-3-10-8-5/h3-4H,1-2H3. The number of rotatable bonds is 2. The van der Waals surface area contributed by atoms with Crippen molar-refractivity contribution in [2.45, 2.75) is 20.0 Å². The van der Waals surface area contributed by atoms with Gasteiger partial charge in [-0.25, -0.2) is 4.79 Å². The Hall–Kier alpha value is -1.39. The van der Waals surface area contributed by atoms with Crippen molar-refractivity contribution >= 4 is 5.97 Å². The Morgan fingerprint density at radius 1 is 1.73 bits per heavy atom. The Morgan fingerprint density at radius 3 is 2.91 bits per heavy atom. The van der Waals surface area contributed by atoms with Gasteiger partial charge >= 0.3 is 5.97 Å². The smallest absolute Gasteiger partial charge is 0.380 e. The SMILES string of the molecule is CC(C)OC(=O)c1ncon1. The summed E-state index contributed by atoms with van der Waals surface area (Å²) in [5, 5.41) is 3.31. The summed E-state index contributed by atoms with van der Waals surface area (Å²) in [5.41, 5.74) is 0. The fourth-order valence-corrected chi connectivity index (χ4v) is 0.527. The molecule has 0 saturated carbocycles. The van der Waals surface area contributed by atoms with Gasteiger partial charge in [0.1, 0.15) is 0 Å². The number of nitrogens with zero attached hydrogens (tertiary/aromatic N) is 2. The van der Waals surface area contributed by atoms with E-state index >= 15 is 0 Å². The molecule has 0 radical (unpaired) electrons. The number of esters is 1. The molecule has 0 saturated heterocycles. The van der Waals surface area contributed by atoms with Crippen LogP contribution in [0.3, 0.4) is 0 Å². The molecule has 1 heterocycles. The van der Waals surface area contributed by atoms with E-state index in [4.69, 9.17) is 4.74 Å². The first-order valence-electron chi connectivity index (χ1n) is 3.17. The fraction of sp³-hybridized carbons (Fsp3) is 0.500. The molecule has 0 amide bonds. The van der Waals surface area contributed by atoms with Gasteiger partial charge in [0.2, 0.25) is 6.39 Å². The minimum absolute atomic E-state index is 0.0429. The van der Waals surface area contributed by atoms with Crippen LogP contribution in [0.25, 0.3) is 0 Å². The highest BCUT2D eigenvalue weighted by molar-refractivity contribution is 5.84. The minimum atomic E-state index is -0.561. The quantitative estimate of drug-likeness (QED) is 0.587. The molecule has 0 aliphatic rings. The molecule has 1 aromatic heterocycles. The molecule has 1 aromatic rings. The van der Waals surface area contributed by atoms with Crippen LogP contribution in [0.5, 0.6) is 0 Å². The lowest BCUT2D eigenvalue weighted by molar-refractivity contribution is 0.0360. The first kappa shape index (κ1) is 7.71. The Morgan fingerprint density at radius 2 is 2.45 bits per heavy atom. The van der Waals surface area contributed by atoms with Crippen molar-refractivity contribution in [1.82, 2.24) is 10.1 Å². The summed E-state index contributed by atoms with van der Waals surface area (Å²) in [6.07, 6.45) is 0.915. The van der Waals surface area contributed by atoms with Crippen LogP contribution in [0.15, 0.2) is 10.9 Å². The van der Waals surface area contributed by atoms with Crippen LogP contribution in [0, 0.1) is 0 Å². The van der Waals surface area contributed by atoms with E-state index in [1.54, 1.807) is 13.8 Å². The van der Waals surface area contributed by atoms with Gasteiger partial charge in [0.25, 0.3) is 5.82 Å². The predicted octanol–water partition coefficient (Wildman–Crippen LogP) is 0.635. The van der Waals surface area contributed by atoms with Gasteiger partial charge in [-0.05, 0) is 13.8 Å². The second-order valence-electron chi connectivity index (χ2n) is 2.21. The van der Waals surface area contributed by atoms with Crippen LogP contribution in [0.1, 0.15) is 24.5 Å². The maximum absolute atomic E-state index is 10.9. The molecule has 0 unspecified atom stereocenters. The number of carbonyl (C=O) groups excluding carboxylic acids is 1. The minimum Gasteiger partial charge on any atom is -0.457 e. The Labute approximate surface area is 63.4 Å². The Balaban J connectivity index is 2.57. The van der Waals surface area contributed by atoms with Crippen LogP contribution in [-0.4, -0.2) is 22.2 Å². The molecule has 0 aliphatic carbocycles. The molecule has 1 rings (SSSR count). The van der Waals surface area contributed by atoms with Crippen LogP contribution < -0.4 is 0 Å². The Kier molecular flexibility index (Phi) is 2.20. The summed E-state index contributed by atoms with van der Waals surface area (Å²) < 4.78 is 9.13. The number of carbonyl (C=O) groups is 1. The zero-order valence-corrected chi connectivity index (χ0v) is 6.27.